The first kappa shape index (κ1) is 25.8. The van der Waals surface area contributed by atoms with E-state index in [-0.39, 0.29) is 13.2 Å². The number of alkyl halides is 1. The Morgan fingerprint density at radius 3 is 2.65 bits per heavy atom. The van der Waals surface area contributed by atoms with Gasteiger partial charge in [-0.25, -0.2) is 14.8 Å². The molecular weight excluding hydrogens is 493 g/mol. The van der Waals surface area contributed by atoms with Crippen LogP contribution in [0.3, 0.4) is 0 Å². The molecule has 0 N–H and O–H groups in total. The van der Waals surface area contributed by atoms with Crippen LogP contribution in [0, 0.1) is 6.57 Å². The molecule has 0 spiro atoms. The Kier molecular flexibility index (Phi) is 8.78. The summed E-state index contributed by atoms with van der Waals surface area (Å²) >= 11 is 13.6. The number of thioether (sulfide) groups is 1. The number of benzene rings is 2. The van der Waals surface area contributed by atoms with Crippen LogP contribution in [0.4, 0.5) is 5.69 Å². The second-order valence-corrected chi connectivity index (χ2v) is 9.33. The summed E-state index contributed by atoms with van der Waals surface area (Å²) < 4.78 is 11.4. The molecule has 2 aromatic carbocycles. The third kappa shape index (κ3) is 5.82. The largest absolute Gasteiger partial charge is 0.502 e. The molecule has 0 aliphatic carbocycles. The highest BCUT2D eigenvalue weighted by atomic mass is 35.5. The van der Waals surface area contributed by atoms with Gasteiger partial charge in [-0.3, -0.25) is 4.79 Å². The summed E-state index contributed by atoms with van der Waals surface area (Å²) in [6, 6.07) is 10.8. The predicted octanol–water partition coefficient (Wildman–Crippen LogP) is 6.74. The molecule has 0 bridgehead atoms. The molecule has 0 saturated heterocycles. The number of aromatic nitrogens is 2. The van der Waals surface area contributed by atoms with E-state index in [2.05, 4.69) is 14.8 Å². The molecule has 176 valence electrons. The van der Waals surface area contributed by atoms with Gasteiger partial charge in [-0.05, 0) is 47.7 Å². The second kappa shape index (κ2) is 11.6. The summed E-state index contributed by atoms with van der Waals surface area (Å²) in [5, 5.41) is 0.997. The molecule has 9 heteroatoms. The Labute approximate surface area is 213 Å². The lowest BCUT2D eigenvalue weighted by Crippen LogP contribution is -2.19. The van der Waals surface area contributed by atoms with Gasteiger partial charge in [-0.1, -0.05) is 43.3 Å². The Hall–Kier alpha value is -2.79. The van der Waals surface area contributed by atoms with Gasteiger partial charge in [0.25, 0.3) is 0 Å². The van der Waals surface area contributed by atoms with E-state index in [0.717, 1.165) is 23.1 Å². The maximum absolute atomic E-state index is 11.9. The monoisotopic (exact) mass is 515 g/mol. The molecule has 3 aromatic rings. The summed E-state index contributed by atoms with van der Waals surface area (Å²) in [5.41, 5.74) is 2.59. The minimum atomic E-state index is -0.551. The van der Waals surface area contributed by atoms with E-state index in [9.17, 15) is 4.79 Å². The highest BCUT2D eigenvalue weighted by Crippen LogP contribution is 2.42. The van der Waals surface area contributed by atoms with Crippen LogP contribution in [0.15, 0.2) is 47.8 Å². The van der Waals surface area contributed by atoms with E-state index in [4.69, 9.17) is 39.2 Å². The minimum Gasteiger partial charge on any atom is -0.502 e. The number of rotatable bonds is 10. The van der Waals surface area contributed by atoms with Crippen LogP contribution in [0.2, 0.25) is 5.02 Å². The molecule has 0 unspecified atom stereocenters. The fourth-order valence-corrected chi connectivity index (χ4v) is 4.06. The van der Waals surface area contributed by atoms with Gasteiger partial charge in [-0.15, -0.1) is 11.6 Å². The molecule has 0 aliphatic rings. The van der Waals surface area contributed by atoms with Gasteiger partial charge in [-0.2, -0.15) is 0 Å². The van der Waals surface area contributed by atoms with Crippen LogP contribution < -0.4 is 9.47 Å². The van der Waals surface area contributed by atoms with E-state index < -0.39 is 5.41 Å². The average molecular weight is 516 g/mol. The van der Waals surface area contributed by atoms with Crippen molar-refractivity contribution in [2.45, 2.75) is 31.0 Å². The number of aldehydes is 1. The van der Waals surface area contributed by atoms with Crippen LogP contribution in [-0.2, 0) is 12.0 Å². The molecule has 3 rings (SSSR count). The summed E-state index contributed by atoms with van der Waals surface area (Å²) in [7, 11) is 0. The number of ether oxygens (including phenoxy) is 2. The minimum absolute atomic E-state index is 0.216. The average Bonchev–Trinajstić information content (AvgIpc) is 2.86. The Morgan fingerprint density at radius 2 is 1.97 bits per heavy atom. The molecule has 34 heavy (non-hydrogen) atoms. The van der Waals surface area contributed by atoms with Gasteiger partial charge in [0.1, 0.15) is 18.1 Å². The van der Waals surface area contributed by atoms with Crippen LogP contribution in [0.1, 0.15) is 41.0 Å². The number of carbonyl (C=O) groups excluding carboxylic acids is 1. The fourth-order valence-electron chi connectivity index (χ4n) is 3.34. The molecule has 0 fully saturated rings. The SMILES string of the molecule is [C-]#[N+]c1cc(C(C)(C)c2ccc(OCc3ccnc(SC)n3)c(C=O)c2)cc(Cl)c1OCCCl. The third-order valence-electron chi connectivity index (χ3n) is 5.30. The molecule has 1 heterocycles. The molecule has 6 nitrogen and oxygen atoms in total. The van der Waals surface area contributed by atoms with Gasteiger partial charge in [0.2, 0.25) is 5.69 Å². The zero-order chi connectivity index (χ0) is 24.7. The summed E-state index contributed by atoms with van der Waals surface area (Å²) in [6.07, 6.45) is 4.35. The van der Waals surface area contributed by atoms with Crippen molar-refractivity contribution in [2.24, 2.45) is 0 Å². The second-order valence-electron chi connectivity index (χ2n) is 7.77. The van der Waals surface area contributed by atoms with Crippen molar-refractivity contribution in [2.75, 3.05) is 18.7 Å². The Bertz CT molecular complexity index is 1230. The van der Waals surface area contributed by atoms with Crippen LogP contribution in [-0.4, -0.2) is 35.0 Å². The standard InChI is InChI=1S/C25H23Cl2N3O3S/c1-25(2,18-12-20(27)23(32-10-8-26)21(13-18)28-3)17-5-6-22(16(11-17)14-31)33-15-19-7-9-29-24(30-19)34-4/h5-7,9,11-14H,8,10,15H2,1-2,4H3. The van der Waals surface area contributed by atoms with Crippen molar-refractivity contribution in [3.8, 4) is 11.5 Å². The fraction of sp³-hybridized carbons (Fsp3) is 0.280. The van der Waals surface area contributed by atoms with E-state index in [1.165, 1.54) is 11.8 Å². The zero-order valence-electron chi connectivity index (χ0n) is 19.0. The van der Waals surface area contributed by atoms with Gasteiger partial charge in [0.15, 0.2) is 11.4 Å². The zero-order valence-corrected chi connectivity index (χ0v) is 21.3. The van der Waals surface area contributed by atoms with Crippen molar-refractivity contribution in [3.05, 3.63) is 81.4 Å². The molecular formula is C25H23Cl2N3O3S. The summed E-state index contributed by atoms with van der Waals surface area (Å²) in [4.78, 5) is 24.0. The maximum Gasteiger partial charge on any atom is 0.229 e. The number of hydrogen-bond acceptors (Lipinski definition) is 6. The van der Waals surface area contributed by atoms with Gasteiger partial charge < -0.3 is 9.47 Å². The lowest BCUT2D eigenvalue weighted by Gasteiger charge is -2.28. The predicted molar refractivity (Wildman–Crippen MR) is 136 cm³/mol. The first-order valence-electron chi connectivity index (χ1n) is 10.3. The van der Waals surface area contributed by atoms with E-state index in [1.54, 1.807) is 36.5 Å². The van der Waals surface area contributed by atoms with E-state index >= 15 is 0 Å². The first-order chi connectivity index (χ1) is 16.3. The molecule has 0 aliphatic heterocycles. The highest BCUT2D eigenvalue weighted by molar-refractivity contribution is 7.98. The topological polar surface area (TPSA) is 65.7 Å². The summed E-state index contributed by atoms with van der Waals surface area (Å²) in [5.74, 6) is 1.08. The third-order valence-corrected chi connectivity index (χ3v) is 6.29. The van der Waals surface area contributed by atoms with Gasteiger partial charge in [0.05, 0.1) is 35.3 Å². The molecule has 0 atom stereocenters. The molecule has 1 aromatic heterocycles. The van der Waals surface area contributed by atoms with Gasteiger partial charge >= 0.3 is 0 Å². The van der Waals surface area contributed by atoms with Crippen LogP contribution >= 0.6 is 35.0 Å². The Morgan fingerprint density at radius 1 is 1.18 bits per heavy atom. The lowest BCUT2D eigenvalue weighted by molar-refractivity contribution is 0.111. The normalized spacial score (nSPS) is 11.1. The summed E-state index contributed by atoms with van der Waals surface area (Å²) in [6.45, 7) is 12.0. The van der Waals surface area contributed by atoms with Crippen molar-refractivity contribution in [1.82, 2.24) is 9.97 Å². The van der Waals surface area contributed by atoms with Crippen molar-refractivity contribution in [3.63, 3.8) is 0 Å². The number of carbonyl (C=O) groups is 1. The van der Waals surface area contributed by atoms with Crippen molar-refractivity contribution in [1.29, 1.82) is 0 Å². The quantitative estimate of drug-likeness (QED) is 0.0978. The van der Waals surface area contributed by atoms with Crippen molar-refractivity contribution >= 4 is 46.9 Å². The highest BCUT2D eigenvalue weighted by Gasteiger charge is 2.27. The first-order valence-corrected chi connectivity index (χ1v) is 12.5. The van der Waals surface area contributed by atoms with E-state index in [1.807, 2.05) is 26.2 Å². The number of hydrogen-bond donors (Lipinski definition) is 0. The van der Waals surface area contributed by atoms with Gasteiger partial charge in [0, 0.05) is 11.6 Å². The lowest BCUT2D eigenvalue weighted by atomic mass is 9.77. The smallest absolute Gasteiger partial charge is 0.229 e. The van der Waals surface area contributed by atoms with Crippen LogP contribution in [0.5, 0.6) is 11.5 Å². The van der Waals surface area contributed by atoms with E-state index in [0.29, 0.717) is 38.8 Å². The van der Waals surface area contributed by atoms with Crippen molar-refractivity contribution < 1.29 is 14.3 Å². The Balaban J connectivity index is 1.89. The molecule has 0 saturated carbocycles. The molecule has 0 amide bonds. The number of nitrogens with zero attached hydrogens (tertiary/aromatic N) is 3. The maximum atomic E-state index is 11.9. The van der Waals surface area contributed by atoms with Crippen LogP contribution in [0.25, 0.3) is 4.85 Å². The number of halogens is 2. The molecule has 0 radical (unpaired) electrons.